The van der Waals surface area contributed by atoms with Gasteiger partial charge in [-0.05, 0) is 38.6 Å². The summed E-state index contributed by atoms with van der Waals surface area (Å²) in [5, 5.41) is 8.14. The minimum absolute atomic E-state index is 0.192. The topological polar surface area (TPSA) is 96.5 Å². The molecule has 2 atom stereocenters. The van der Waals surface area contributed by atoms with Crippen molar-refractivity contribution in [1.29, 1.82) is 0 Å². The van der Waals surface area contributed by atoms with Gasteiger partial charge in [0.25, 0.3) is 0 Å². The number of nitrogens with one attached hydrogen (secondary N) is 3. The number of hydrogen-bond donors (Lipinski definition) is 3. The first kappa shape index (κ1) is 18.6. The zero-order valence-corrected chi connectivity index (χ0v) is 13.8. The molecule has 1 aromatic rings. The van der Waals surface area contributed by atoms with E-state index in [4.69, 9.17) is 4.74 Å². The van der Waals surface area contributed by atoms with Gasteiger partial charge in [-0.15, -0.1) is 0 Å². The Morgan fingerprint density at radius 2 is 1.65 bits per heavy atom. The highest BCUT2D eigenvalue weighted by molar-refractivity contribution is 5.97. The van der Waals surface area contributed by atoms with Crippen molar-refractivity contribution >= 4 is 23.5 Å². The SMILES string of the molecule is CN[C@@H](C)C(=O)N[C@@H](C)C(=O)Nc1ccc(COC(C)=O)cc1. The Hall–Kier alpha value is -2.41. The number of amides is 2. The van der Waals surface area contributed by atoms with Crippen LogP contribution in [0.4, 0.5) is 5.69 Å². The Balaban J connectivity index is 2.53. The molecule has 0 radical (unpaired) electrons. The average Bonchev–Trinajstić information content (AvgIpc) is 2.53. The van der Waals surface area contributed by atoms with E-state index in [1.165, 1.54) is 6.92 Å². The molecule has 1 aromatic carbocycles. The van der Waals surface area contributed by atoms with Crippen molar-refractivity contribution in [2.24, 2.45) is 0 Å². The van der Waals surface area contributed by atoms with Crippen molar-refractivity contribution in [3.63, 3.8) is 0 Å². The van der Waals surface area contributed by atoms with Crippen LogP contribution in [0.15, 0.2) is 24.3 Å². The second-order valence-corrected chi connectivity index (χ2v) is 5.21. The summed E-state index contributed by atoms with van der Waals surface area (Å²) in [5.41, 5.74) is 1.42. The smallest absolute Gasteiger partial charge is 0.302 e. The van der Waals surface area contributed by atoms with E-state index in [-0.39, 0.29) is 30.4 Å². The van der Waals surface area contributed by atoms with Gasteiger partial charge in [-0.2, -0.15) is 0 Å². The number of rotatable bonds is 7. The zero-order valence-electron chi connectivity index (χ0n) is 13.8. The minimum atomic E-state index is -0.654. The van der Waals surface area contributed by atoms with Gasteiger partial charge in [0.05, 0.1) is 6.04 Å². The summed E-state index contributed by atoms with van der Waals surface area (Å²) in [5.74, 6) is -0.899. The molecule has 126 valence electrons. The van der Waals surface area contributed by atoms with Crippen molar-refractivity contribution in [1.82, 2.24) is 10.6 Å². The summed E-state index contributed by atoms with van der Waals surface area (Å²) < 4.78 is 4.88. The van der Waals surface area contributed by atoms with Crippen LogP contribution in [0.2, 0.25) is 0 Å². The Kier molecular flexibility index (Phi) is 7.21. The van der Waals surface area contributed by atoms with E-state index < -0.39 is 6.04 Å². The number of ether oxygens (including phenoxy) is 1. The quantitative estimate of drug-likeness (QED) is 0.646. The summed E-state index contributed by atoms with van der Waals surface area (Å²) in [4.78, 5) is 34.5. The lowest BCUT2D eigenvalue weighted by molar-refractivity contribution is -0.142. The van der Waals surface area contributed by atoms with Crippen molar-refractivity contribution in [3.8, 4) is 0 Å². The highest BCUT2D eigenvalue weighted by Crippen LogP contribution is 2.11. The van der Waals surface area contributed by atoms with Gasteiger partial charge in [0.1, 0.15) is 12.6 Å². The molecule has 7 nitrogen and oxygen atoms in total. The lowest BCUT2D eigenvalue weighted by Gasteiger charge is -2.17. The minimum Gasteiger partial charge on any atom is -0.461 e. The molecule has 0 aliphatic rings. The summed E-state index contributed by atoms with van der Waals surface area (Å²) in [7, 11) is 1.67. The van der Waals surface area contributed by atoms with E-state index in [0.29, 0.717) is 5.69 Å². The van der Waals surface area contributed by atoms with Crippen molar-refractivity contribution in [2.75, 3.05) is 12.4 Å². The fraction of sp³-hybridized carbons (Fsp3) is 0.438. The molecule has 1 rings (SSSR count). The number of anilines is 1. The highest BCUT2D eigenvalue weighted by Gasteiger charge is 2.18. The van der Waals surface area contributed by atoms with Crippen LogP contribution in [0.25, 0.3) is 0 Å². The third-order valence-corrected chi connectivity index (χ3v) is 3.24. The third-order valence-electron chi connectivity index (χ3n) is 3.24. The van der Waals surface area contributed by atoms with E-state index in [2.05, 4.69) is 16.0 Å². The van der Waals surface area contributed by atoms with Crippen LogP contribution in [0.1, 0.15) is 26.3 Å². The molecule has 0 spiro atoms. The maximum absolute atomic E-state index is 12.0. The van der Waals surface area contributed by atoms with Crippen molar-refractivity contribution in [3.05, 3.63) is 29.8 Å². The fourth-order valence-electron chi connectivity index (χ4n) is 1.65. The Morgan fingerprint density at radius 1 is 1.04 bits per heavy atom. The average molecular weight is 321 g/mol. The normalized spacial score (nSPS) is 12.9. The van der Waals surface area contributed by atoms with Gasteiger partial charge < -0.3 is 20.7 Å². The second-order valence-electron chi connectivity index (χ2n) is 5.21. The van der Waals surface area contributed by atoms with Crippen LogP contribution in [0.3, 0.4) is 0 Å². The maximum atomic E-state index is 12.0. The molecule has 2 amide bonds. The van der Waals surface area contributed by atoms with Crippen LogP contribution in [0, 0.1) is 0 Å². The van der Waals surface area contributed by atoms with Gasteiger partial charge in [-0.1, -0.05) is 12.1 Å². The zero-order chi connectivity index (χ0) is 17.4. The van der Waals surface area contributed by atoms with Crippen molar-refractivity contribution < 1.29 is 19.1 Å². The first-order chi connectivity index (χ1) is 10.8. The molecular weight excluding hydrogens is 298 g/mol. The van der Waals surface area contributed by atoms with E-state index >= 15 is 0 Å². The largest absolute Gasteiger partial charge is 0.461 e. The molecule has 23 heavy (non-hydrogen) atoms. The molecule has 0 aliphatic heterocycles. The number of hydrogen-bond acceptors (Lipinski definition) is 5. The van der Waals surface area contributed by atoms with Gasteiger partial charge >= 0.3 is 5.97 Å². The van der Waals surface area contributed by atoms with Gasteiger partial charge in [0, 0.05) is 12.6 Å². The van der Waals surface area contributed by atoms with Crippen LogP contribution in [0.5, 0.6) is 0 Å². The summed E-state index contributed by atoms with van der Waals surface area (Å²) in [6, 6.07) is 5.91. The lowest BCUT2D eigenvalue weighted by Crippen LogP contribution is -2.48. The molecule has 0 heterocycles. The molecule has 0 fully saturated rings. The molecule has 0 aromatic heterocycles. The summed E-state index contributed by atoms with van der Waals surface area (Å²) >= 11 is 0. The third kappa shape index (κ3) is 6.48. The van der Waals surface area contributed by atoms with Gasteiger partial charge in [-0.3, -0.25) is 14.4 Å². The lowest BCUT2D eigenvalue weighted by atomic mass is 10.2. The van der Waals surface area contributed by atoms with Gasteiger partial charge in [0.2, 0.25) is 11.8 Å². The number of benzene rings is 1. The van der Waals surface area contributed by atoms with Crippen LogP contribution in [-0.2, 0) is 25.7 Å². The molecule has 0 saturated carbocycles. The first-order valence-corrected chi connectivity index (χ1v) is 7.34. The van der Waals surface area contributed by atoms with Crippen LogP contribution in [-0.4, -0.2) is 36.9 Å². The molecule has 0 unspecified atom stereocenters. The summed E-state index contributed by atoms with van der Waals surface area (Å²) in [6.45, 7) is 4.86. The number of likely N-dealkylation sites (N-methyl/N-ethyl adjacent to an activating group) is 1. The van der Waals surface area contributed by atoms with E-state index in [9.17, 15) is 14.4 Å². The van der Waals surface area contributed by atoms with Crippen LogP contribution >= 0.6 is 0 Å². The van der Waals surface area contributed by atoms with E-state index in [1.54, 1.807) is 45.2 Å². The molecule has 0 saturated heterocycles. The Labute approximate surface area is 135 Å². The van der Waals surface area contributed by atoms with Gasteiger partial charge in [0.15, 0.2) is 0 Å². The van der Waals surface area contributed by atoms with E-state index in [0.717, 1.165) is 5.56 Å². The highest BCUT2D eigenvalue weighted by atomic mass is 16.5. The predicted octanol–water partition coefficient (Wildman–Crippen LogP) is 0.801. The molecule has 3 N–H and O–H groups in total. The molecular formula is C16H23N3O4. The standard InChI is InChI=1S/C16H23N3O4/c1-10(17-4)15(21)18-11(2)16(22)19-14-7-5-13(6-8-14)9-23-12(3)20/h5-8,10-11,17H,9H2,1-4H3,(H,18,21)(H,19,22)/t10-,11-/m0/s1. The Morgan fingerprint density at radius 3 is 2.17 bits per heavy atom. The summed E-state index contributed by atoms with van der Waals surface area (Å²) in [6.07, 6.45) is 0. The predicted molar refractivity (Wildman–Crippen MR) is 86.7 cm³/mol. The fourth-order valence-corrected chi connectivity index (χ4v) is 1.65. The molecule has 0 bridgehead atoms. The Bertz CT molecular complexity index is 557. The molecule has 0 aliphatic carbocycles. The monoisotopic (exact) mass is 321 g/mol. The molecule has 7 heteroatoms. The van der Waals surface area contributed by atoms with Gasteiger partial charge in [-0.25, -0.2) is 0 Å². The van der Waals surface area contributed by atoms with E-state index in [1.807, 2.05) is 0 Å². The van der Waals surface area contributed by atoms with Crippen LogP contribution < -0.4 is 16.0 Å². The number of carbonyl (C=O) groups excluding carboxylic acids is 3. The maximum Gasteiger partial charge on any atom is 0.302 e. The number of esters is 1. The van der Waals surface area contributed by atoms with Crippen molar-refractivity contribution in [2.45, 2.75) is 39.5 Å². The second kappa shape index (κ2) is 8.89. The number of carbonyl (C=O) groups is 3. The first-order valence-electron chi connectivity index (χ1n) is 7.34.